The number of amides is 1. The van der Waals surface area contributed by atoms with E-state index in [1.54, 1.807) is 12.4 Å². The average Bonchev–Trinajstić information content (AvgIpc) is 2.95. The van der Waals surface area contributed by atoms with Crippen molar-refractivity contribution < 1.29 is 4.79 Å². The third-order valence-corrected chi connectivity index (χ3v) is 3.98. The Morgan fingerprint density at radius 2 is 2.23 bits per heavy atom. The lowest BCUT2D eigenvalue weighted by atomic mass is 9.92. The molecule has 1 fully saturated rings. The monoisotopic (exact) mass is 299 g/mol. The van der Waals surface area contributed by atoms with Crippen molar-refractivity contribution in [1.82, 2.24) is 20.1 Å². The van der Waals surface area contributed by atoms with Gasteiger partial charge in [0.1, 0.15) is 0 Å². The molecule has 3 rings (SSSR count). The molecule has 6 nitrogen and oxygen atoms in total. The van der Waals surface area contributed by atoms with Crippen molar-refractivity contribution in [2.45, 2.75) is 32.4 Å². The lowest BCUT2D eigenvalue weighted by molar-refractivity contribution is -0.120. The first-order valence-corrected chi connectivity index (χ1v) is 7.67. The van der Waals surface area contributed by atoms with Gasteiger partial charge in [-0.1, -0.05) is 0 Å². The van der Waals surface area contributed by atoms with Crippen LogP contribution in [-0.4, -0.2) is 33.3 Å². The van der Waals surface area contributed by atoms with Gasteiger partial charge in [0.2, 0.25) is 5.91 Å². The highest BCUT2D eigenvalue weighted by Crippen LogP contribution is 2.18. The number of anilines is 1. The third kappa shape index (κ3) is 3.71. The van der Waals surface area contributed by atoms with Gasteiger partial charge in [0.25, 0.3) is 0 Å². The van der Waals surface area contributed by atoms with Crippen LogP contribution >= 0.6 is 0 Å². The Kier molecular flexibility index (Phi) is 4.48. The summed E-state index contributed by atoms with van der Waals surface area (Å²) in [7, 11) is 0. The molecular weight excluding hydrogens is 278 g/mol. The van der Waals surface area contributed by atoms with E-state index in [-0.39, 0.29) is 11.8 Å². The minimum Gasteiger partial charge on any atom is -0.314 e. The van der Waals surface area contributed by atoms with Crippen molar-refractivity contribution in [2.24, 2.45) is 5.92 Å². The molecule has 6 heteroatoms. The second-order valence-electron chi connectivity index (χ2n) is 5.82. The fourth-order valence-corrected chi connectivity index (χ4v) is 2.79. The molecule has 2 atom stereocenters. The molecule has 0 spiro atoms. The van der Waals surface area contributed by atoms with E-state index in [0.29, 0.717) is 18.4 Å². The van der Waals surface area contributed by atoms with Gasteiger partial charge in [0.05, 0.1) is 6.54 Å². The largest absolute Gasteiger partial charge is 0.314 e. The van der Waals surface area contributed by atoms with Crippen molar-refractivity contribution in [3.05, 3.63) is 42.4 Å². The summed E-state index contributed by atoms with van der Waals surface area (Å²) in [6, 6.07) is 6.14. The normalized spacial score (nSPS) is 21.5. The van der Waals surface area contributed by atoms with Crippen LogP contribution in [-0.2, 0) is 11.3 Å². The van der Waals surface area contributed by atoms with E-state index >= 15 is 0 Å². The van der Waals surface area contributed by atoms with Crippen LogP contribution in [0.15, 0.2) is 36.8 Å². The zero-order valence-corrected chi connectivity index (χ0v) is 12.7. The summed E-state index contributed by atoms with van der Waals surface area (Å²) in [5.41, 5.74) is 1.13. The first-order chi connectivity index (χ1) is 10.7. The first-order valence-electron chi connectivity index (χ1n) is 7.67. The molecule has 1 aliphatic heterocycles. The smallest absolute Gasteiger partial charge is 0.228 e. The van der Waals surface area contributed by atoms with Crippen molar-refractivity contribution in [3.63, 3.8) is 0 Å². The molecule has 1 amide bonds. The average molecular weight is 299 g/mol. The van der Waals surface area contributed by atoms with Gasteiger partial charge < -0.3 is 10.6 Å². The van der Waals surface area contributed by atoms with E-state index in [1.165, 1.54) is 0 Å². The quantitative estimate of drug-likeness (QED) is 0.900. The van der Waals surface area contributed by atoms with Gasteiger partial charge in [-0.05, 0) is 44.0 Å². The van der Waals surface area contributed by atoms with Gasteiger partial charge >= 0.3 is 0 Å². The van der Waals surface area contributed by atoms with Gasteiger partial charge in [-0.3, -0.25) is 14.5 Å². The number of hydrogen-bond donors (Lipinski definition) is 2. The van der Waals surface area contributed by atoms with Crippen LogP contribution < -0.4 is 10.6 Å². The Hall–Kier alpha value is -2.21. The summed E-state index contributed by atoms with van der Waals surface area (Å²) in [5, 5.41) is 10.7. The summed E-state index contributed by atoms with van der Waals surface area (Å²) in [6.07, 6.45) is 7.16. The van der Waals surface area contributed by atoms with Crippen LogP contribution in [0.1, 0.15) is 25.3 Å². The van der Waals surface area contributed by atoms with E-state index in [1.807, 2.05) is 29.1 Å². The van der Waals surface area contributed by atoms with E-state index < -0.39 is 0 Å². The zero-order valence-electron chi connectivity index (χ0n) is 12.7. The van der Waals surface area contributed by atoms with E-state index in [2.05, 4.69) is 27.6 Å². The standard InChI is InChI=1S/C16H21N5O/c1-12-10-14(4-8-18-12)16(22)19-15-5-9-21(20-15)11-13-2-6-17-7-3-13/h2-3,5-7,9,12,14,18H,4,8,10-11H2,1H3,(H,19,20,22)/t12-,14-/m0/s1. The number of carbonyl (C=O) groups is 1. The maximum atomic E-state index is 12.3. The van der Waals surface area contributed by atoms with Crippen molar-refractivity contribution in [2.75, 3.05) is 11.9 Å². The minimum atomic E-state index is 0.0709. The fourth-order valence-electron chi connectivity index (χ4n) is 2.79. The molecule has 3 heterocycles. The number of pyridine rings is 1. The van der Waals surface area contributed by atoms with Crippen molar-refractivity contribution >= 4 is 11.7 Å². The molecular formula is C16H21N5O. The summed E-state index contributed by atoms with van der Waals surface area (Å²) in [6.45, 7) is 3.68. The third-order valence-electron chi connectivity index (χ3n) is 3.98. The molecule has 116 valence electrons. The van der Waals surface area contributed by atoms with E-state index in [4.69, 9.17) is 0 Å². The first kappa shape index (κ1) is 14.7. The maximum Gasteiger partial charge on any atom is 0.228 e. The molecule has 1 saturated heterocycles. The van der Waals surface area contributed by atoms with Crippen LogP contribution in [0.4, 0.5) is 5.82 Å². The fraction of sp³-hybridized carbons (Fsp3) is 0.438. The Balaban J connectivity index is 1.58. The maximum absolute atomic E-state index is 12.3. The van der Waals surface area contributed by atoms with Crippen LogP contribution in [0.25, 0.3) is 0 Å². The highest BCUT2D eigenvalue weighted by molar-refractivity contribution is 5.91. The van der Waals surface area contributed by atoms with Crippen molar-refractivity contribution in [3.8, 4) is 0 Å². The Morgan fingerprint density at radius 3 is 3.00 bits per heavy atom. The minimum absolute atomic E-state index is 0.0709. The second kappa shape index (κ2) is 6.70. The molecule has 22 heavy (non-hydrogen) atoms. The Morgan fingerprint density at radius 1 is 1.41 bits per heavy atom. The van der Waals surface area contributed by atoms with Crippen LogP contribution in [0, 0.1) is 5.92 Å². The summed E-state index contributed by atoms with van der Waals surface area (Å²) < 4.78 is 1.82. The number of piperidine rings is 1. The predicted octanol–water partition coefficient (Wildman–Crippen LogP) is 1.65. The molecule has 2 aromatic rings. The molecule has 0 bridgehead atoms. The molecule has 2 aromatic heterocycles. The highest BCUT2D eigenvalue weighted by Gasteiger charge is 2.25. The lowest BCUT2D eigenvalue weighted by Crippen LogP contribution is -2.40. The summed E-state index contributed by atoms with van der Waals surface area (Å²) in [4.78, 5) is 16.3. The number of nitrogens with zero attached hydrogens (tertiary/aromatic N) is 3. The van der Waals surface area contributed by atoms with Gasteiger partial charge in [0.15, 0.2) is 5.82 Å². The number of carbonyl (C=O) groups excluding carboxylic acids is 1. The molecule has 0 aromatic carbocycles. The lowest BCUT2D eigenvalue weighted by Gasteiger charge is -2.26. The number of hydrogen-bond acceptors (Lipinski definition) is 4. The van der Waals surface area contributed by atoms with Crippen LogP contribution in [0.5, 0.6) is 0 Å². The molecule has 0 aliphatic carbocycles. The van der Waals surface area contributed by atoms with E-state index in [9.17, 15) is 4.79 Å². The Bertz CT molecular complexity index is 624. The predicted molar refractivity (Wildman–Crippen MR) is 84.4 cm³/mol. The van der Waals surface area contributed by atoms with Gasteiger partial charge in [-0.25, -0.2) is 0 Å². The van der Waals surface area contributed by atoms with Gasteiger partial charge in [-0.2, -0.15) is 5.10 Å². The molecule has 0 radical (unpaired) electrons. The SMILES string of the molecule is C[C@H]1C[C@@H](C(=O)Nc2ccn(Cc3ccncc3)n2)CCN1. The number of aromatic nitrogens is 3. The molecule has 0 unspecified atom stereocenters. The Labute approximate surface area is 129 Å². The molecule has 2 N–H and O–H groups in total. The summed E-state index contributed by atoms with van der Waals surface area (Å²) in [5.74, 6) is 0.759. The molecule has 0 saturated carbocycles. The number of nitrogens with one attached hydrogen (secondary N) is 2. The highest BCUT2D eigenvalue weighted by atomic mass is 16.2. The number of rotatable bonds is 4. The van der Waals surface area contributed by atoms with Gasteiger partial charge in [0, 0.05) is 36.6 Å². The zero-order chi connectivity index (χ0) is 15.4. The van der Waals surface area contributed by atoms with E-state index in [0.717, 1.165) is 24.9 Å². The second-order valence-corrected chi connectivity index (χ2v) is 5.82. The van der Waals surface area contributed by atoms with Crippen LogP contribution in [0.3, 0.4) is 0 Å². The topological polar surface area (TPSA) is 71.8 Å². The van der Waals surface area contributed by atoms with Crippen LogP contribution in [0.2, 0.25) is 0 Å². The van der Waals surface area contributed by atoms with Crippen molar-refractivity contribution in [1.29, 1.82) is 0 Å². The summed E-state index contributed by atoms with van der Waals surface area (Å²) >= 11 is 0. The molecule has 1 aliphatic rings. The van der Waals surface area contributed by atoms with Gasteiger partial charge in [-0.15, -0.1) is 0 Å².